The van der Waals surface area contributed by atoms with Crippen LogP contribution in [0.3, 0.4) is 0 Å². The molecule has 0 radical (unpaired) electrons. The molecule has 0 fully saturated rings. The third kappa shape index (κ3) is 4.55. The van der Waals surface area contributed by atoms with E-state index in [4.69, 9.17) is 16.0 Å². The summed E-state index contributed by atoms with van der Waals surface area (Å²) in [5.41, 5.74) is 5.53. The molecule has 10 heteroatoms. The molecule has 2 aromatic heterocycles. The van der Waals surface area contributed by atoms with Crippen LogP contribution in [-0.4, -0.2) is 35.8 Å². The van der Waals surface area contributed by atoms with E-state index in [1.165, 1.54) is 18.2 Å². The number of carbonyl (C=O) groups is 1. The second kappa shape index (κ2) is 8.68. The Labute approximate surface area is 205 Å². The summed E-state index contributed by atoms with van der Waals surface area (Å²) in [5, 5.41) is 9.96. The Hall–Kier alpha value is -3.95. The number of carbonyl (C=O) groups excluding carboxylic acids is 1. The van der Waals surface area contributed by atoms with E-state index in [0.29, 0.717) is 22.7 Å². The van der Waals surface area contributed by atoms with Gasteiger partial charge in [0.1, 0.15) is 5.52 Å². The zero-order chi connectivity index (χ0) is 24.7. The van der Waals surface area contributed by atoms with E-state index in [1.54, 1.807) is 18.3 Å². The number of anilines is 1. The first-order valence-electron chi connectivity index (χ1n) is 10.5. The van der Waals surface area contributed by atoms with Crippen LogP contribution in [0.1, 0.15) is 15.9 Å². The highest BCUT2D eigenvalue weighted by Crippen LogP contribution is 2.32. The average Bonchev–Trinajstić information content (AvgIpc) is 3.45. The summed E-state index contributed by atoms with van der Waals surface area (Å²) in [5.74, 6) is 0.00529. The summed E-state index contributed by atoms with van der Waals surface area (Å²) < 4.78 is 29.3. The van der Waals surface area contributed by atoms with Gasteiger partial charge in [0, 0.05) is 17.5 Å². The molecule has 0 aliphatic carbocycles. The molecule has 0 saturated carbocycles. The first-order valence-corrected chi connectivity index (χ1v) is 12.8. The summed E-state index contributed by atoms with van der Waals surface area (Å²) in [7, 11) is -3.42. The number of nitrogens with one attached hydrogen (secondary N) is 2. The maximum absolute atomic E-state index is 12.7. The highest BCUT2D eigenvalue weighted by atomic mass is 35.5. The predicted octanol–water partition coefficient (Wildman–Crippen LogP) is 5.50. The van der Waals surface area contributed by atoms with Crippen molar-refractivity contribution in [2.45, 2.75) is 11.8 Å². The fourth-order valence-corrected chi connectivity index (χ4v) is 4.62. The Bertz CT molecular complexity index is 1690. The molecule has 1 amide bonds. The zero-order valence-electron chi connectivity index (χ0n) is 18.7. The highest BCUT2D eigenvalue weighted by Gasteiger charge is 2.17. The Kier molecular flexibility index (Phi) is 5.66. The number of oxazole rings is 1. The van der Waals surface area contributed by atoms with Gasteiger partial charge in [-0.25, -0.2) is 13.4 Å². The van der Waals surface area contributed by atoms with Crippen LogP contribution in [0, 0.1) is 6.92 Å². The smallest absolute Gasteiger partial charge is 0.257 e. The largest absolute Gasteiger partial charge is 0.436 e. The lowest BCUT2D eigenvalue weighted by Gasteiger charge is -2.09. The van der Waals surface area contributed by atoms with Gasteiger partial charge in [-0.3, -0.25) is 9.89 Å². The molecular formula is C25H19ClN4O4S. The van der Waals surface area contributed by atoms with Gasteiger partial charge in [0.05, 0.1) is 32.9 Å². The van der Waals surface area contributed by atoms with Gasteiger partial charge in [-0.15, -0.1) is 0 Å². The van der Waals surface area contributed by atoms with Gasteiger partial charge in [-0.2, -0.15) is 5.10 Å². The van der Waals surface area contributed by atoms with Crippen molar-refractivity contribution in [2.24, 2.45) is 0 Å². The van der Waals surface area contributed by atoms with Gasteiger partial charge in [0.2, 0.25) is 5.89 Å². The minimum absolute atomic E-state index is 0.0489. The molecule has 35 heavy (non-hydrogen) atoms. The lowest BCUT2D eigenvalue weighted by Crippen LogP contribution is -2.13. The molecule has 0 unspecified atom stereocenters. The second-order valence-electron chi connectivity index (χ2n) is 8.09. The fourth-order valence-electron chi connectivity index (χ4n) is 3.64. The fraction of sp³-hybridized carbons (Fsp3) is 0.0800. The SMILES string of the molecule is Cc1ccc2nc(-c3cn[nH]c3-c3ccc(NC(=O)c4ccc(S(C)(=O)=O)cc4Cl)cc3)oc2c1. The van der Waals surface area contributed by atoms with Gasteiger partial charge in [-0.1, -0.05) is 29.8 Å². The number of fused-ring (bicyclic) bond motifs is 1. The molecule has 3 aromatic carbocycles. The van der Waals surface area contributed by atoms with Crippen LogP contribution in [-0.2, 0) is 9.84 Å². The lowest BCUT2D eigenvalue weighted by atomic mass is 10.1. The minimum atomic E-state index is -3.42. The summed E-state index contributed by atoms with van der Waals surface area (Å²) in [6.07, 6.45) is 2.74. The Morgan fingerprint density at radius 3 is 2.54 bits per heavy atom. The molecular weight excluding hydrogens is 488 g/mol. The molecule has 0 saturated heterocycles. The van der Waals surface area contributed by atoms with E-state index in [1.807, 2.05) is 37.3 Å². The Morgan fingerprint density at radius 1 is 1.06 bits per heavy atom. The first kappa shape index (κ1) is 22.8. The van der Waals surface area contributed by atoms with Crippen molar-refractivity contribution in [3.8, 4) is 22.7 Å². The number of aromatic amines is 1. The number of aryl methyl sites for hydroxylation is 1. The molecule has 0 aliphatic rings. The van der Waals surface area contributed by atoms with Crippen LogP contribution in [0.2, 0.25) is 5.02 Å². The number of rotatable bonds is 5. The highest BCUT2D eigenvalue weighted by molar-refractivity contribution is 7.90. The standard InChI is InChI=1S/C25H19ClN4O4S/c1-14-3-10-21-22(11-14)34-25(29-21)19-13-27-30-23(19)15-4-6-16(7-5-15)28-24(31)18-9-8-17(12-20(18)26)35(2,32)33/h3-13H,1-2H3,(H,27,30)(H,28,31). The van der Waals surface area contributed by atoms with E-state index in [0.717, 1.165) is 28.6 Å². The number of hydrogen-bond donors (Lipinski definition) is 2. The van der Waals surface area contributed by atoms with Crippen molar-refractivity contribution in [2.75, 3.05) is 11.6 Å². The molecule has 0 aliphatic heterocycles. The van der Waals surface area contributed by atoms with E-state index >= 15 is 0 Å². The summed E-state index contributed by atoms with van der Waals surface area (Å²) in [4.78, 5) is 17.3. The van der Waals surface area contributed by atoms with E-state index in [2.05, 4.69) is 20.5 Å². The molecule has 8 nitrogen and oxygen atoms in total. The zero-order valence-corrected chi connectivity index (χ0v) is 20.2. The number of H-pyrrole nitrogens is 1. The maximum atomic E-state index is 12.7. The molecule has 2 heterocycles. The average molecular weight is 507 g/mol. The van der Waals surface area contributed by atoms with Gasteiger partial charge < -0.3 is 9.73 Å². The number of sulfone groups is 1. The topological polar surface area (TPSA) is 118 Å². The number of benzene rings is 3. The van der Waals surface area contributed by atoms with Crippen LogP contribution in [0.15, 0.2) is 76.2 Å². The van der Waals surface area contributed by atoms with Crippen LogP contribution in [0.5, 0.6) is 0 Å². The molecule has 5 aromatic rings. The molecule has 0 atom stereocenters. The van der Waals surface area contributed by atoms with Gasteiger partial charge >= 0.3 is 0 Å². The lowest BCUT2D eigenvalue weighted by molar-refractivity contribution is 0.102. The van der Waals surface area contributed by atoms with Crippen LogP contribution < -0.4 is 5.32 Å². The first-order chi connectivity index (χ1) is 16.7. The number of aromatic nitrogens is 3. The van der Waals surface area contributed by atoms with Crippen molar-refractivity contribution in [1.29, 1.82) is 0 Å². The number of amides is 1. The normalized spacial score (nSPS) is 11.6. The van der Waals surface area contributed by atoms with Crippen molar-refractivity contribution >= 4 is 44.1 Å². The van der Waals surface area contributed by atoms with Gasteiger partial charge in [0.15, 0.2) is 15.4 Å². The van der Waals surface area contributed by atoms with Crippen LogP contribution >= 0.6 is 11.6 Å². The molecule has 5 rings (SSSR count). The summed E-state index contributed by atoms with van der Waals surface area (Å²) in [6.45, 7) is 1.99. The van der Waals surface area contributed by atoms with E-state index in [9.17, 15) is 13.2 Å². The maximum Gasteiger partial charge on any atom is 0.257 e. The molecule has 0 bridgehead atoms. The van der Waals surface area contributed by atoms with Crippen molar-refractivity contribution in [1.82, 2.24) is 15.2 Å². The van der Waals surface area contributed by atoms with Crippen molar-refractivity contribution < 1.29 is 17.6 Å². The van der Waals surface area contributed by atoms with Crippen molar-refractivity contribution in [3.05, 3.63) is 83.0 Å². The second-order valence-corrected chi connectivity index (χ2v) is 10.5. The third-order valence-corrected chi connectivity index (χ3v) is 6.88. The third-order valence-electron chi connectivity index (χ3n) is 5.46. The Balaban J connectivity index is 1.37. The summed E-state index contributed by atoms with van der Waals surface area (Å²) in [6, 6.07) is 17.0. The van der Waals surface area contributed by atoms with E-state index in [-0.39, 0.29) is 15.5 Å². The van der Waals surface area contributed by atoms with Crippen molar-refractivity contribution in [3.63, 3.8) is 0 Å². The quantitative estimate of drug-likeness (QED) is 0.325. The van der Waals surface area contributed by atoms with Crippen LogP contribution in [0.25, 0.3) is 33.8 Å². The van der Waals surface area contributed by atoms with Crippen LogP contribution in [0.4, 0.5) is 5.69 Å². The number of hydrogen-bond acceptors (Lipinski definition) is 6. The van der Waals surface area contributed by atoms with E-state index < -0.39 is 15.7 Å². The minimum Gasteiger partial charge on any atom is -0.436 e. The van der Waals surface area contributed by atoms with Gasteiger partial charge in [-0.05, 0) is 55.0 Å². The predicted molar refractivity (Wildman–Crippen MR) is 134 cm³/mol. The number of nitrogens with zero attached hydrogens (tertiary/aromatic N) is 2. The van der Waals surface area contributed by atoms with Gasteiger partial charge in [0.25, 0.3) is 5.91 Å². The molecule has 2 N–H and O–H groups in total. The molecule has 0 spiro atoms. The monoisotopic (exact) mass is 506 g/mol. The Morgan fingerprint density at radius 2 is 1.83 bits per heavy atom. The summed E-state index contributed by atoms with van der Waals surface area (Å²) >= 11 is 6.15. The molecule has 176 valence electrons. The number of halogens is 1.